The highest BCUT2D eigenvalue weighted by Crippen LogP contribution is 2.14. The van der Waals surface area contributed by atoms with Crippen LogP contribution in [-0.4, -0.2) is 24.8 Å². The number of hydrogen-bond donors (Lipinski definition) is 2. The molecule has 2 rings (SSSR count). The van der Waals surface area contributed by atoms with E-state index < -0.39 is 21.8 Å². The predicted molar refractivity (Wildman–Crippen MR) is 89.0 cm³/mol. The van der Waals surface area contributed by atoms with Gasteiger partial charge in [0.1, 0.15) is 10.6 Å². The van der Waals surface area contributed by atoms with Gasteiger partial charge in [0.05, 0.1) is 0 Å². The maximum atomic E-state index is 12.2. The largest absolute Gasteiger partial charge is 0.364 e. The second-order valence-electron chi connectivity index (χ2n) is 5.19. The van der Waals surface area contributed by atoms with Crippen LogP contribution < -0.4 is 10.5 Å². The summed E-state index contributed by atoms with van der Waals surface area (Å²) in [5.74, 6) is -1.40. The molecular weight excluding hydrogens is 354 g/mol. The smallest absolute Gasteiger partial charge is 0.265 e. The minimum absolute atomic E-state index is 0.00360. The molecule has 1 aromatic heterocycles. The topological polar surface area (TPSA) is 111 Å². The van der Waals surface area contributed by atoms with Crippen molar-refractivity contribution < 1.29 is 18.0 Å². The van der Waals surface area contributed by atoms with Crippen LogP contribution in [0.1, 0.15) is 22.5 Å². The summed E-state index contributed by atoms with van der Waals surface area (Å²) in [7, 11) is -2.57. The van der Waals surface area contributed by atoms with Crippen LogP contribution in [0, 0.1) is 0 Å². The molecule has 0 atom stereocenters. The summed E-state index contributed by atoms with van der Waals surface area (Å²) in [6.07, 6.45) is 1.59. The van der Waals surface area contributed by atoms with Gasteiger partial charge in [-0.05, 0) is 30.2 Å². The molecule has 128 valence electrons. The summed E-state index contributed by atoms with van der Waals surface area (Å²) >= 11 is 5.77. The molecule has 0 aliphatic rings. The minimum atomic E-state index is -4.06. The maximum Gasteiger partial charge on any atom is 0.265 e. The standard InChI is InChI=1S/C15H16ClN3O4S/c1-19-9-12(8-13(19)15(17)21)24(22,23)18-14(20)7-4-10-2-5-11(16)6-3-10/h2-3,5-6,8-9H,4,7H2,1H3,(H2,17,21)(H,18,20). The van der Waals surface area contributed by atoms with Crippen LogP contribution in [0.3, 0.4) is 0 Å². The van der Waals surface area contributed by atoms with Crippen molar-refractivity contribution in [3.05, 3.63) is 52.8 Å². The van der Waals surface area contributed by atoms with E-state index in [1.54, 1.807) is 24.3 Å². The van der Waals surface area contributed by atoms with E-state index in [0.29, 0.717) is 11.4 Å². The van der Waals surface area contributed by atoms with E-state index in [2.05, 4.69) is 0 Å². The number of carbonyl (C=O) groups excluding carboxylic acids is 2. The van der Waals surface area contributed by atoms with Crippen LogP contribution >= 0.6 is 11.6 Å². The number of aryl methyl sites for hydroxylation is 2. The van der Waals surface area contributed by atoms with Gasteiger partial charge in [0.25, 0.3) is 15.9 Å². The van der Waals surface area contributed by atoms with Crippen molar-refractivity contribution in [2.75, 3.05) is 0 Å². The fourth-order valence-corrected chi connectivity index (χ4v) is 3.30. The average Bonchev–Trinajstić information content (AvgIpc) is 2.89. The Balaban J connectivity index is 2.03. The van der Waals surface area contributed by atoms with Crippen molar-refractivity contribution in [3.63, 3.8) is 0 Å². The van der Waals surface area contributed by atoms with E-state index in [1.807, 2.05) is 4.72 Å². The zero-order chi connectivity index (χ0) is 17.9. The number of benzene rings is 1. The highest BCUT2D eigenvalue weighted by molar-refractivity contribution is 7.90. The predicted octanol–water partition coefficient (Wildman–Crippen LogP) is 1.22. The van der Waals surface area contributed by atoms with Crippen LogP contribution in [0.5, 0.6) is 0 Å². The molecule has 2 amide bonds. The number of nitrogens with one attached hydrogen (secondary N) is 1. The Labute approximate surface area is 144 Å². The van der Waals surface area contributed by atoms with E-state index in [0.717, 1.165) is 11.6 Å². The number of halogens is 1. The number of aromatic nitrogens is 1. The van der Waals surface area contributed by atoms with Crippen LogP contribution in [0.4, 0.5) is 0 Å². The Bertz CT molecular complexity index is 873. The van der Waals surface area contributed by atoms with Crippen LogP contribution in [-0.2, 0) is 28.3 Å². The van der Waals surface area contributed by atoms with E-state index in [1.165, 1.54) is 17.8 Å². The molecule has 0 saturated heterocycles. The van der Waals surface area contributed by atoms with Gasteiger partial charge in [-0.1, -0.05) is 23.7 Å². The normalized spacial score (nSPS) is 11.2. The van der Waals surface area contributed by atoms with Gasteiger partial charge in [-0.3, -0.25) is 9.59 Å². The monoisotopic (exact) mass is 369 g/mol. The van der Waals surface area contributed by atoms with E-state index in [-0.39, 0.29) is 17.0 Å². The molecule has 0 radical (unpaired) electrons. The van der Waals surface area contributed by atoms with Crippen molar-refractivity contribution in [1.29, 1.82) is 0 Å². The number of carbonyl (C=O) groups is 2. The van der Waals surface area contributed by atoms with Crippen molar-refractivity contribution in [3.8, 4) is 0 Å². The average molecular weight is 370 g/mol. The van der Waals surface area contributed by atoms with Gasteiger partial charge in [0, 0.05) is 24.7 Å². The third-order valence-corrected chi connectivity index (χ3v) is 4.94. The van der Waals surface area contributed by atoms with Gasteiger partial charge in [0.15, 0.2) is 0 Å². The molecule has 9 heteroatoms. The van der Waals surface area contributed by atoms with Gasteiger partial charge in [-0.25, -0.2) is 13.1 Å². The molecule has 0 bridgehead atoms. The lowest BCUT2D eigenvalue weighted by atomic mass is 10.1. The molecule has 0 aliphatic carbocycles. The number of nitrogens with zero attached hydrogens (tertiary/aromatic N) is 1. The molecule has 0 aliphatic heterocycles. The summed E-state index contributed by atoms with van der Waals surface area (Å²) in [5.41, 5.74) is 6.04. The number of nitrogens with two attached hydrogens (primary N) is 1. The number of primary amides is 1. The Hall–Kier alpha value is -2.32. The molecule has 0 unspecified atom stereocenters. The minimum Gasteiger partial charge on any atom is -0.364 e. The molecule has 24 heavy (non-hydrogen) atoms. The van der Waals surface area contributed by atoms with Gasteiger partial charge in [0.2, 0.25) is 5.91 Å². The highest BCUT2D eigenvalue weighted by Gasteiger charge is 2.21. The summed E-state index contributed by atoms with van der Waals surface area (Å²) in [6, 6.07) is 8.04. The van der Waals surface area contributed by atoms with Crippen LogP contribution in [0.15, 0.2) is 41.4 Å². The summed E-state index contributed by atoms with van der Waals surface area (Å²) in [5, 5.41) is 0.583. The lowest BCUT2D eigenvalue weighted by Gasteiger charge is -2.05. The molecule has 1 heterocycles. The quantitative estimate of drug-likeness (QED) is 0.797. The lowest BCUT2D eigenvalue weighted by molar-refractivity contribution is -0.119. The van der Waals surface area contributed by atoms with Crippen molar-refractivity contribution in [1.82, 2.24) is 9.29 Å². The van der Waals surface area contributed by atoms with Crippen molar-refractivity contribution >= 4 is 33.4 Å². The van der Waals surface area contributed by atoms with E-state index in [9.17, 15) is 18.0 Å². The zero-order valence-electron chi connectivity index (χ0n) is 12.8. The summed E-state index contributed by atoms with van der Waals surface area (Å²) in [4.78, 5) is 22.9. The number of amides is 2. The number of rotatable bonds is 6. The second-order valence-corrected chi connectivity index (χ2v) is 7.31. The third kappa shape index (κ3) is 4.36. The van der Waals surface area contributed by atoms with Gasteiger partial charge < -0.3 is 10.3 Å². The fourth-order valence-electron chi connectivity index (χ4n) is 2.09. The van der Waals surface area contributed by atoms with Gasteiger partial charge in [-0.2, -0.15) is 0 Å². The molecule has 7 nitrogen and oxygen atoms in total. The molecular formula is C15H16ClN3O4S. The maximum absolute atomic E-state index is 12.2. The van der Waals surface area contributed by atoms with Crippen LogP contribution in [0.2, 0.25) is 5.02 Å². The first-order chi connectivity index (χ1) is 11.2. The van der Waals surface area contributed by atoms with Crippen molar-refractivity contribution in [2.24, 2.45) is 12.8 Å². The van der Waals surface area contributed by atoms with Crippen molar-refractivity contribution in [2.45, 2.75) is 17.7 Å². The second kappa shape index (κ2) is 7.06. The first kappa shape index (κ1) is 18.0. The van der Waals surface area contributed by atoms with E-state index in [4.69, 9.17) is 17.3 Å². The number of hydrogen-bond acceptors (Lipinski definition) is 4. The third-order valence-electron chi connectivity index (χ3n) is 3.34. The molecule has 3 N–H and O–H groups in total. The molecule has 1 aromatic carbocycles. The highest BCUT2D eigenvalue weighted by atomic mass is 35.5. The van der Waals surface area contributed by atoms with Gasteiger partial charge >= 0.3 is 0 Å². The molecule has 0 fully saturated rings. The van der Waals surface area contributed by atoms with E-state index >= 15 is 0 Å². The lowest BCUT2D eigenvalue weighted by Crippen LogP contribution is -2.30. The Morgan fingerprint density at radius 2 is 1.88 bits per heavy atom. The first-order valence-corrected chi connectivity index (χ1v) is 8.81. The molecule has 2 aromatic rings. The Morgan fingerprint density at radius 1 is 1.25 bits per heavy atom. The summed E-state index contributed by atoms with van der Waals surface area (Å²) in [6.45, 7) is 0. The fraction of sp³-hybridized carbons (Fsp3) is 0.200. The molecule has 0 spiro atoms. The Kier molecular flexibility index (Phi) is 5.30. The zero-order valence-corrected chi connectivity index (χ0v) is 14.4. The summed E-state index contributed by atoms with van der Waals surface area (Å²) < 4.78 is 27.6. The molecule has 0 saturated carbocycles. The first-order valence-electron chi connectivity index (χ1n) is 6.95. The Morgan fingerprint density at radius 3 is 2.42 bits per heavy atom. The SMILES string of the molecule is Cn1cc(S(=O)(=O)NC(=O)CCc2ccc(Cl)cc2)cc1C(N)=O. The van der Waals surface area contributed by atoms with Crippen LogP contribution in [0.25, 0.3) is 0 Å². The number of sulfonamides is 1. The van der Waals surface area contributed by atoms with Gasteiger partial charge in [-0.15, -0.1) is 0 Å².